The Kier molecular flexibility index (Phi) is 4.32. The molecule has 1 unspecified atom stereocenters. The standard InChI is InChI=1S/C14H15BrF2N2O2/c1-3-14(2)13(21)19(5-4-12(20)18-14)11-7-9(16)8(15)6-10(11)17/h6-7H,3-5H2,1-2H3,(H,18,20). The summed E-state index contributed by atoms with van der Waals surface area (Å²) in [5.74, 6) is -2.12. The molecule has 1 heterocycles. The Morgan fingerprint density at radius 3 is 2.62 bits per heavy atom. The Morgan fingerprint density at radius 2 is 2.00 bits per heavy atom. The van der Waals surface area contributed by atoms with Gasteiger partial charge in [0.25, 0.3) is 5.91 Å². The predicted octanol–water partition coefficient (Wildman–Crippen LogP) is 2.75. The van der Waals surface area contributed by atoms with Crippen molar-refractivity contribution in [3.05, 3.63) is 28.2 Å². The van der Waals surface area contributed by atoms with E-state index in [0.29, 0.717) is 6.42 Å². The quantitative estimate of drug-likeness (QED) is 0.824. The van der Waals surface area contributed by atoms with Gasteiger partial charge in [-0.1, -0.05) is 6.92 Å². The molecule has 114 valence electrons. The van der Waals surface area contributed by atoms with E-state index in [1.165, 1.54) is 0 Å². The smallest absolute Gasteiger partial charge is 0.252 e. The molecule has 0 bridgehead atoms. The van der Waals surface area contributed by atoms with Gasteiger partial charge in [-0.2, -0.15) is 0 Å². The van der Waals surface area contributed by atoms with Crippen LogP contribution in [0.1, 0.15) is 26.7 Å². The van der Waals surface area contributed by atoms with Crippen LogP contribution in [0, 0.1) is 11.6 Å². The third-order valence-electron chi connectivity index (χ3n) is 3.68. The molecule has 1 aliphatic rings. The molecule has 0 aromatic heterocycles. The monoisotopic (exact) mass is 360 g/mol. The Hall–Kier alpha value is -1.50. The van der Waals surface area contributed by atoms with E-state index in [2.05, 4.69) is 21.2 Å². The number of hydrogen-bond donors (Lipinski definition) is 1. The molecule has 1 aliphatic heterocycles. The van der Waals surface area contributed by atoms with Crippen molar-refractivity contribution in [2.45, 2.75) is 32.2 Å². The molecule has 0 aliphatic carbocycles. The lowest BCUT2D eigenvalue weighted by molar-refractivity contribution is -0.129. The lowest BCUT2D eigenvalue weighted by atomic mass is 9.97. The first-order chi connectivity index (χ1) is 9.78. The maximum absolute atomic E-state index is 14.1. The van der Waals surface area contributed by atoms with Gasteiger partial charge in [0.1, 0.15) is 17.2 Å². The van der Waals surface area contributed by atoms with E-state index in [9.17, 15) is 18.4 Å². The summed E-state index contributed by atoms with van der Waals surface area (Å²) in [7, 11) is 0. The van der Waals surface area contributed by atoms with Crippen molar-refractivity contribution < 1.29 is 18.4 Å². The minimum Gasteiger partial charge on any atom is -0.342 e. The van der Waals surface area contributed by atoms with Gasteiger partial charge in [0.2, 0.25) is 5.91 Å². The third-order valence-corrected chi connectivity index (χ3v) is 4.29. The van der Waals surface area contributed by atoms with Crippen LogP contribution in [0.15, 0.2) is 16.6 Å². The lowest BCUT2D eigenvalue weighted by Gasteiger charge is -2.31. The number of amides is 2. The van der Waals surface area contributed by atoms with Crippen LogP contribution in [0.2, 0.25) is 0 Å². The molecule has 1 N–H and O–H groups in total. The molecule has 21 heavy (non-hydrogen) atoms. The third kappa shape index (κ3) is 2.92. The fourth-order valence-electron chi connectivity index (χ4n) is 2.22. The fraction of sp³-hybridized carbons (Fsp3) is 0.429. The lowest BCUT2D eigenvalue weighted by Crippen LogP contribution is -2.55. The van der Waals surface area contributed by atoms with Crippen LogP contribution in [-0.4, -0.2) is 23.9 Å². The summed E-state index contributed by atoms with van der Waals surface area (Å²) in [5.41, 5.74) is -1.28. The van der Waals surface area contributed by atoms with Crippen molar-refractivity contribution >= 4 is 33.4 Å². The molecule has 1 aromatic carbocycles. The number of nitrogens with zero attached hydrogens (tertiary/aromatic N) is 1. The molecule has 1 fully saturated rings. The highest BCUT2D eigenvalue weighted by Crippen LogP contribution is 2.29. The van der Waals surface area contributed by atoms with E-state index in [1.807, 2.05) is 0 Å². The van der Waals surface area contributed by atoms with Crippen LogP contribution < -0.4 is 10.2 Å². The minimum absolute atomic E-state index is 0.0122. The highest BCUT2D eigenvalue weighted by atomic mass is 79.9. The van der Waals surface area contributed by atoms with Crippen molar-refractivity contribution in [2.75, 3.05) is 11.4 Å². The molecular weight excluding hydrogens is 346 g/mol. The summed E-state index contributed by atoms with van der Waals surface area (Å²) >= 11 is 2.90. The molecule has 7 heteroatoms. The van der Waals surface area contributed by atoms with Crippen molar-refractivity contribution in [3.63, 3.8) is 0 Å². The van der Waals surface area contributed by atoms with Gasteiger partial charge in [0.05, 0.1) is 10.2 Å². The molecule has 0 radical (unpaired) electrons. The molecule has 1 saturated heterocycles. The maximum atomic E-state index is 14.1. The summed E-state index contributed by atoms with van der Waals surface area (Å²) in [4.78, 5) is 25.5. The van der Waals surface area contributed by atoms with Gasteiger partial charge in [-0.05, 0) is 35.3 Å². The second-order valence-electron chi connectivity index (χ2n) is 5.16. The number of rotatable bonds is 2. The summed E-state index contributed by atoms with van der Waals surface area (Å²) < 4.78 is 27.7. The van der Waals surface area contributed by atoms with Gasteiger partial charge in [0, 0.05) is 19.0 Å². The van der Waals surface area contributed by atoms with Crippen molar-refractivity contribution in [2.24, 2.45) is 0 Å². The first kappa shape index (κ1) is 15.9. The highest BCUT2D eigenvalue weighted by molar-refractivity contribution is 9.10. The molecule has 2 amide bonds. The van der Waals surface area contributed by atoms with Gasteiger partial charge in [-0.15, -0.1) is 0 Å². The maximum Gasteiger partial charge on any atom is 0.252 e. The van der Waals surface area contributed by atoms with E-state index in [1.54, 1.807) is 13.8 Å². The average Bonchev–Trinajstić information content (AvgIpc) is 2.53. The van der Waals surface area contributed by atoms with E-state index in [0.717, 1.165) is 17.0 Å². The van der Waals surface area contributed by atoms with Crippen LogP contribution in [0.25, 0.3) is 0 Å². The zero-order chi connectivity index (χ0) is 15.8. The van der Waals surface area contributed by atoms with Crippen LogP contribution in [0.5, 0.6) is 0 Å². The Labute approximate surface area is 129 Å². The van der Waals surface area contributed by atoms with E-state index < -0.39 is 23.1 Å². The minimum atomic E-state index is -1.12. The number of carbonyl (C=O) groups excluding carboxylic acids is 2. The van der Waals surface area contributed by atoms with Crippen LogP contribution >= 0.6 is 15.9 Å². The zero-order valence-electron chi connectivity index (χ0n) is 11.7. The normalized spacial score (nSPS) is 23.0. The second kappa shape index (κ2) is 5.71. The molecule has 1 atom stereocenters. The Bertz CT molecular complexity index is 609. The summed E-state index contributed by atoms with van der Waals surface area (Å²) in [6.45, 7) is 3.34. The first-order valence-electron chi connectivity index (χ1n) is 6.56. The van der Waals surface area contributed by atoms with Crippen LogP contribution in [-0.2, 0) is 9.59 Å². The summed E-state index contributed by atoms with van der Waals surface area (Å²) in [5, 5.41) is 2.64. The SMILES string of the molecule is CCC1(C)NC(=O)CCN(c2cc(F)c(Br)cc2F)C1=O. The first-order valence-corrected chi connectivity index (χ1v) is 7.35. The van der Waals surface area contributed by atoms with Gasteiger partial charge < -0.3 is 10.2 Å². The number of hydrogen-bond acceptors (Lipinski definition) is 2. The second-order valence-corrected chi connectivity index (χ2v) is 6.01. The fourth-order valence-corrected chi connectivity index (χ4v) is 2.54. The molecular formula is C14H15BrF2N2O2. The van der Waals surface area contributed by atoms with Crippen LogP contribution in [0.3, 0.4) is 0 Å². The van der Waals surface area contributed by atoms with E-state index in [-0.39, 0.29) is 29.0 Å². The van der Waals surface area contributed by atoms with Gasteiger partial charge in [0.15, 0.2) is 0 Å². The van der Waals surface area contributed by atoms with Gasteiger partial charge in [-0.25, -0.2) is 8.78 Å². The molecule has 4 nitrogen and oxygen atoms in total. The largest absolute Gasteiger partial charge is 0.342 e. The zero-order valence-corrected chi connectivity index (χ0v) is 13.3. The van der Waals surface area contributed by atoms with E-state index in [4.69, 9.17) is 0 Å². The number of anilines is 1. The number of nitrogens with one attached hydrogen (secondary N) is 1. The Morgan fingerprint density at radius 1 is 1.33 bits per heavy atom. The predicted molar refractivity (Wildman–Crippen MR) is 77.9 cm³/mol. The Balaban J connectivity index is 2.49. The van der Waals surface area contributed by atoms with Gasteiger partial charge >= 0.3 is 0 Å². The molecule has 0 saturated carbocycles. The average molecular weight is 361 g/mol. The van der Waals surface area contributed by atoms with Crippen molar-refractivity contribution in [1.29, 1.82) is 0 Å². The number of halogens is 3. The summed E-state index contributed by atoms with van der Waals surface area (Å²) in [6.07, 6.45) is 0.396. The molecule has 0 spiro atoms. The number of carbonyl (C=O) groups is 2. The van der Waals surface area contributed by atoms with E-state index >= 15 is 0 Å². The van der Waals surface area contributed by atoms with Crippen LogP contribution in [0.4, 0.5) is 14.5 Å². The number of benzene rings is 1. The highest BCUT2D eigenvalue weighted by Gasteiger charge is 2.40. The molecule has 1 aromatic rings. The van der Waals surface area contributed by atoms with Crippen molar-refractivity contribution in [3.8, 4) is 0 Å². The van der Waals surface area contributed by atoms with Crippen molar-refractivity contribution in [1.82, 2.24) is 5.32 Å². The molecule has 2 rings (SSSR count). The summed E-state index contributed by atoms with van der Waals surface area (Å²) in [6, 6.07) is 1.94. The topological polar surface area (TPSA) is 49.4 Å². The van der Waals surface area contributed by atoms with Gasteiger partial charge in [-0.3, -0.25) is 9.59 Å².